The second-order valence-corrected chi connectivity index (χ2v) is 9.16. The Morgan fingerprint density at radius 2 is 1.56 bits per heavy atom. The Kier molecular flexibility index (Phi) is 7.80. The second kappa shape index (κ2) is 10.8. The minimum absolute atomic E-state index is 0.00318. The lowest BCUT2D eigenvalue weighted by molar-refractivity contribution is -0.119. The highest BCUT2D eigenvalue weighted by atomic mass is 32.2. The molecule has 0 aliphatic rings. The molecule has 3 aromatic rings. The molecule has 0 saturated carbocycles. The Balaban J connectivity index is 1.69. The van der Waals surface area contributed by atoms with Gasteiger partial charge in [0.15, 0.2) is 12.4 Å². The van der Waals surface area contributed by atoms with E-state index in [9.17, 15) is 22.8 Å². The fourth-order valence-corrected chi connectivity index (χ4v) is 4.74. The zero-order valence-corrected chi connectivity index (χ0v) is 19.5. The first-order valence-electron chi connectivity index (χ1n) is 10.5. The first-order chi connectivity index (χ1) is 16.2. The van der Waals surface area contributed by atoms with Crippen LogP contribution in [-0.4, -0.2) is 39.2 Å². The van der Waals surface area contributed by atoms with Crippen molar-refractivity contribution in [3.63, 3.8) is 0 Å². The van der Waals surface area contributed by atoms with Crippen LogP contribution in [0.3, 0.4) is 0 Å². The van der Waals surface area contributed by atoms with E-state index in [1.165, 1.54) is 41.6 Å². The zero-order chi connectivity index (χ0) is 24.7. The Bertz CT molecular complexity index is 1310. The number of benzene rings is 3. The topological polar surface area (TPSA) is 110 Å². The Hall–Kier alpha value is -3.98. The van der Waals surface area contributed by atoms with Gasteiger partial charge in [-0.25, -0.2) is 13.2 Å². The number of Topliss-reactive ketones (excluding diaryl/α,β-unsaturated/α-hetero) is 1. The van der Waals surface area contributed by atoms with Gasteiger partial charge in [-0.05, 0) is 56.3 Å². The molecule has 0 unspecified atom stereocenters. The number of sulfonamides is 1. The van der Waals surface area contributed by atoms with Crippen molar-refractivity contribution in [1.82, 2.24) is 0 Å². The average Bonchev–Trinajstić information content (AvgIpc) is 2.83. The van der Waals surface area contributed by atoms with Gasteiger partial charge in [0.25, 0.3) is 15.9 Å². The van der Waals surface area contributed by atoms with Crippen molar-refractivity contribution in [2.24, 2.45) is 0 Å². The van der Waals surface area contributed by atoms with Crippen LogP contribution in [0.15, 0.2) is 83.8 Å². The summed E-state index contributed by atoms with van der Waals surface area (Å²) in [5.74, 6) is -1.59. The zero-order valence-electron chi connectivity index (χ0n) is 18.7. The van der Waals surface area contributed by atoms with Gasteiger partial charge in [-0.15, -0.1) is 0 Å². The number of nitrogens with one attached hydrogen (secondary N) is 1. The van der Waals surface area contributed by atoms with Crippen LogP contribution in [0, 0.1) is 0 Å². The summed E-state index contributed by atoms with van der Waals surface area (Å²) < 4.78 is 32.6. The Morgan fingerprint density at radius 3 is 2.24 bits per heavy atom. The maximum absolute atomic E-state index is 13.2. The number of para-hydroxylation sites is 1. The molecule has 0 radical (unpaired) electrons. The van der Waals surface area contributed by atoms with Crippen molar-refractivity contribution in [3.05, 3.63) is 90.0 Å². The molecule has 0 atom stereocenters. The fourth-order valence-electron chi connectivity index (χ4n) is 3.22. The number of hydrogen-bond acceptors (Lipinski definition) is 6. The number of esters is 1. The quantitative estimate of drug-likeness (QED) is 0.367. The highest BCUT2D eigenvalue weighted by Gasteiger charge is 2.24. The van der Waals surface area contributed by atoms with Crippen molar-refractivity contribution in [1.29, 1.82) is 0 Å². The van der Waals surface area contributed by atoms with Gasteiger partial charge < -0.3 is 10.1 Å². The van der Waals surface area contributed by atoms with E-state index in [1.807, 2.05) is 0 Å². The first-order valence-corrected chi connectivity index (χ1v) is 11.9. The van der Waals surface area contributed by atoms with E-state index >= 15 is 0 Å². The number of ether oxygens (including phenoxy) is 1. The highest BCUT2D eigenvalue weighted by Crippen LogP contribution is 2.24. The van der Waals surface area contributed by atoms with Gasteiger partial charge in [0.1, 0.15) is 0 Å². The number of nitrogens with zero attached hydrogens (tertiary/aromatic N) is 1. The molecule has 0 aliphatic carbocycles. The van der Waals surface area contributed by atoms with E-state index in [1.54, 1.807) is 55.5 Å². The summed E-state index contributed by atoms with van der Waals surface area (Å²) in [6, 6.07) is 20.5. The summed E-state index contributed by atoms with van der Waals surface area (Å²) in [6.07, 6.45) is 0. The third-order valence-electron chi connectivity index (χ3n) is 4.88. The van der Waals surface area contributed by atoms with Gasteiger partial charge >= 0.3 is 5.97 Å². The van der Waals surface area contributed by atoms with Gasteiger partial charge in [0, 0.05) is 17.8 Å². The van der Waals surface area contributed by atoms with E-state index in [0.717, 1.165) is 0 Å². The van der Waals surface area contributed by atoms with Gasteiger partial charge in [0.2, 0.25) is 0 Å². The summed E-state index contributed by atoms with van der Waals surface area (Å²) in [7, 11) is -3.92. The predicted octanol–water partition coefficient (Wildman–Crippen LogP) is 3.90. The molecule has 0 fully saturated rings. The molecule has 3 rings (SSSR count). The van der Waals surface area contributed by atoms with Gasteiger partial charge in [-0.2, -0.15) is 0 Å². The molecule has 1 amide bonds. The lowest BCUT2D eigenvalue weighted by Crippen LogP contribution is -2.30. The van der Waals surface area contributed by atoms with Crippen molar-refractivity contribution in [2.75, 3.05) is 22.8 Å². The number of rotatable bonds is 9. The van der Waals surface area contributed by atoms with Gasteiger partial charge in [-0.3, -0.25) is 13.9 Å². The number of anilines is 2. The lowest BCUT2D eigenvalue weighted by atomic mass is 10.1. The third kappa shape index (κ3) is 5.87. The summed E-state index contributed by atoms with van der Waals surface area (Å²) in [5.41, 5.74) is 1.33. The minimum Gasteiger partial charge on any atom is -0.452 e. The van der Waals surface area contributed by atoms with Crippen LogP contribution in [0.5, 0.6) is 0 Å². The van der Waals surface area contributed by atoms with E-state index in [0.29, 0.717) is 16.9 Å². The van der Waals surface area contributed by atoms with E-state index < -0.39 is 28.5 Å². The normalized spacial score (nSPS) is 10.9. The number of carbonyl (C=O) groups is 3. The molecule has 34 heavy (non-hydrogen) atoms. The van der Waals surface area contributed by atoms with Gasteiger partial charge in [-0.1, -0.05) is 36.4 Å². The van der Waals surface area contributed by atoms with Crippen molar-refractivity contribution in [2.45, 2.75) is 18.7 Å². The van der Waals surface area contributed by atoms with E-state index in [4.69, 9.17) is 4.74 Å². The summed E-state index contributed by atoms with van der Waals surface area (Å²) in [4.78, 5) is 36.0. The number of hydrogen-bond donors (Lipinski definition) is 1. The molecule has 9 heteroatoms. The second-order valence-electron chi connectivity index (χ2n) is 7.29. The standard InChI is InChI=1S/C25H24N2O6S/c1-3-27(22-12-5-4-6-13-22)34(31,32)23-14-8-10-20(16-23)25(30)33-17-24(29)26-21-11-7-9-19(15-21)18(2)28/h4-16H,3,17H2,1-2H3,(H,26,29). The Morgan fingerprint density at radius 1 is 0.882 bits per heavy atom. The van der Waals surface area contributed by atoms with Crippen molar-refractivity contribution in [3.8, 4) is 0 Å². The van der Waals surface area contributed by atoms with Crippen LogP contribution >= 0.6 is 0 Å². The molecule has 1 N–H and O–H groups in total. The molecule has 0 saturated heterocycles. The number of amides is 1. The molecule has 0 bridgehead atoms. The van der Waals surface area contributed by atoms with Crippen molar-refractivity contribution >= 4 is 39.1 Å². The Labute approximate surface area is 198 Å². The molecule has 0 heterocycles. The molecule has 3 aromatic carbocycles. The molecule has 8 nitrogen and oxygen atoms in total. The largest absolute Gasteiger partial charge is 0.452 e. The van der Waals surface area contributed by atoms with Crippen LogP contribution in [0.4, 0.5) is 11.4 Å². The molecule has 176 valence electrons. The monoisotopic (exact) mass is 480 g/mol. The summed E-state index contributed by atoms with van der Waals surface area (Å²) in [6.45, 7) is 2.75. The molecular weight excluding hydrogens is 456 g/mol. The van der Waals surface area contributed by atoms with E-state index in [2.05, 4.69) is 5.32 Å². The maximum Gasteiger partial charge on any atom is 0.338 e. The summed E-state index contributed by atoms with van der Waals surface area (Å²) >= 11 is 0. The van der Waals surface area contributed by atoms with Gasteiger partial charge in [0.05, 0.1) is 16.1 Å². The minimum atomic E-state index is -3.92. The predicted molar refractivity (Wildman–Crippen MR) is 128 cm³/mol. The SMILES string of the molecule is CCN(c1ccccc1)S(=O)(=O)c1cccc(C(=O)OCC(=O)Nc2cccc(C(C)=O)c2)c1. The van der Waals surface area contributed by atoms with Crippen LogP contribution < -0.4 is 9.62 Å². The van der Waals surface area contributed by atoms with Crippen LogP contribution in [0.2, 0.25) is 0 Å². The van der Waals surface area contributed by atoms with Crippen LogP contribution in [0.1, 0.15) is 34.6 Å². The smallest absolute Gasteiger partial charge is 0.338 e. The highest BCUT2D eigenvalue weighted by molar-refractivity contribution is 7.92. The molecule has 0 aliphatic heterocycles. The third-order valence-corrected chi connectivity index (χ3v) is 6.78. The molecule has 0 aromatic heterocycles. The number of carbonyl (C=O) groups excluding carboxylic acids is 3. The van der Waals surface area contributed by atoms with Crippen LogP contribution in [0.25, 0.3) is 0 Å². The molecule has 0 spiro atoms. The van der Waals surface area contributed by atoms with E-state index in [-0.39, 0.29) is 22.8 Å². The lowest BCUT2D eigenvalue weighted by Gasteiger charge is -2.23. The van der Waals surface area contributed by atoms with Crippen molar-refractivity contribution < 1.29 is 27.5 Å². The van der Waals surface area contributed by atoms with Crippen LogP contribution in [-0.2, 0) is 19.6 Å². The molecular formula is C25H24N2O6S. The number of ketones is 1. The fraction of sp³-hybridized carbons (Fsp3) is 0.160. The average molecular weight is 481 g/mol. The first kappa shape index (κ1) is 24.7. The summed E-state index contributed by atoms with van der Waals surface area (Å²) in [5, 5.41) is 2.55. The maximum atomic E-state index is 13.2.